The van der Waals surface area contributed by atoms with Crippen LogP contribution in [0.15, 0.2) is 18.2 Å². The molecule has 0 radical (unpaired) electrons. The van der Waals surface area contributed by atoms with E-state index in [1.165, 1.54) is 12.1 Å². The fourth-order valence-corrected chi connectivity index (χ4v) is 1.32. The first-order chi connectivity index (χ1) is 7.45. The minimum Gasteiger partial charge on any atom is -0.399 e. The topological polar surface area (TPSA) is 26.0 Å². The lowest BCUT2D eigenvalue weighted by atomic mass is 10.1. The average molecular weight is 292 g/mol. The molecule has 0 aliphatic heterocycles. The molecule has 5 heteroatoms. The molecular weight excluding hydrogens is 283 g/mol. The van der Waals surface area contributed by atoms with Crippen LogP contribution in [0.25, 0.3) is 0 Å². The van der Waals surface area contributed by atoms with Crippen LogP contribution in [0, 0.1) is 11.8 Å². The summed E-state index contributed by atoms with van der Waals surface area (Å²) in [5, 5.41) is 0.629. The van der Waals surface area contributed by atoms with E-state index in [2.05, 4.69) is 27.8 Å². The van der Waals surface area contributed by atoms with E-state index in [1.54, 1.807) is 0 Å². The van der Waals surface area contributed by atoms with Gasteiger partial charge in [-0.15, -0.1) is 0 Å². The van der Waals surface area contributed by atoms with Gasteiger partial charge in [0.1, 0.15) is 0 Å². The summed E-state index contributed by atoms with van der Waals surface area (Å²) in [7, 11) is 0. The SMILES string of the molecule is Nc1ccc(C(F)(F)F)c(C#CCCBr)c1. The number of anilines is 1. The fourth-order valence-electron chi connectivity index (χ4n) is 1.12. The molecule has 0 heterocycles. The van der Waals surface area contributed by atoms with Gasteiger partial charge in [0.2, 0.25) is 0 Å². The van der Waals surface area contributed by atoms with Gasteiger partial charge in [-0.1, -0.05) is 27.8 Å². The van der Waals surface area contributed by atoms with Gasteiger partial charge in [0.15, 0.2) is 0 Å². The van der Waals surface area contributed by atoms with Crippen LogP contribution in [0.4, 0.5) is 18.9 Å². The Labute approximate surface area is 100.0 Å². The molecule has 1 rings (SSSR count). The summed E-state index contributed by atoms with van der Waals surface area (Å²) in [5.41, 5.74) is 4.88. The van der Waals surface area contributed by atoms with Crippen LogP contribution in [0.5, 0.6) is 0 Å². The van der Waals surface area contributed by atoms with Crippen molar-refractivity contribution in [2.45, 2.75) is 12.6 Å². The van der Waals surface area contributed by atoms with Crippen molar-refractivity contribution < 1.29 is 13.2 Å². The molecular formula is C11H9BrF3N. The zero-order valence-electron chi connectivity index (χ0n) is 8.24. The number of halogens is 4. The van der Waals surface area contributed by atoms with E-state index < -0.39 is 11.7 Å². The minimum atomic E-state index is -4.40. The number of benzene rings is 1. The highest BCUT2D eigenvalue weighted by Gasteiger charge is 2.32. The standard InChI is InChI=1S/C11H9BrF3N/c12-6-2-1-3-8-7-9(16)4-5-10(8)11(13,14)15/h4-5,7H,2,6,16H2. The second kappa shape index (κ2) is 5.26. The maximum Gasteiger partial charge on any atom is 0.417 e. The Morgan fingerprint density at radius 2 is 2.00 bits per heavy atom. The van der Waals surface area contributed by atoms with Gasteiger partial charge in [0, 0.05) is 23.0 Å². The molecule has 2 N–H and O–H groups in total. The molecule has 0 aliphatic rings. The molecule has 0 amide bonds. The highest BCUT2D eigenvalue weighted by molar-refractivity contribution is 9.09. The average Bonchev–Trinajstić information content (AvgIpc) is 2.16. The summed E-state index contributed by atoms with van der Waals surface area (Å²) in [6.45, 7) is 0. The van der Waals surface area contributed by atoms with Crippen molar-refractivity contribution in [1.29, 1.82) is 0 Å². The molecule has 0 aliphatic carbocycles. The molecule has 0 saturated carbocycles. The molecule has 0 bridgehead atoms. The summed E-state index contributed by atoms with van der Waals surface area (Å²) < 4.78 is 37.7. The van der Waals surface area contributed by atoms with E-state index in [-0.39, 0.29) is 11.3 Å². The highest BCUT2D eigenvalue weighted by atomic mass is 79.9. The van der Waals surface area contributed by atoms with E-state index >= 15 is 0 Å². The molecule has 86 valence electrons. The maximum absolute atomic E-state index is 12.6. The Kier molecular flexibility index (Phi) is 4.25. The van der Waals surface area contributed by atoms with E-state index in [1.807, 2.05) is 0 Å². The molecule has 0 saturated heterocycles. The van der Waals surface area contributed by atoms with Gasteiger partial charge in [-0.3, -0.25) is 0 Å². The zero-order valence-corrected chi connectivity index (χ0v) is 9.82. The number of alkyl halides is 4. The van der Waals surface area contributed by atoms with Crippen molar-refractivity contribution in [2.24, 2.45) is 0 Å². The molecule has 0 aromatic heterocycles. The van der Waals surface area contributed by atoms with Gasteiger partial charge >= 0.3 is 6.18 Å². The smallest absolute Gasteiger partial charge is 0.399 e. The first-order valence-electron chi connectivity index (χ1n) is 4.46. The van der Waals surface area contributed by atoms with Crippen molar-refractivity contribution in [1.82, 2.24) is 0 Å². The van der Waals surface area contributed by atoms with Crippen LogP contribution in [-0.2, 0) is 6.18 Å². The first kappa shape index (κ1) is 12.9. The Morgan fingerprint density at radius 3 is 2.56 bits per heavy atom. The third kappa shape index (κ3) is 3.46. The molecule has 1 aromatic rings. The molecule has 0 atom stereocenters. The normalized spacial score (nSPS) is 10.8. The fraction of sp³-hybridized carbons (Fsp3) is 0.273. The lowest BCUT2D eigenvalue weighted by Gasteiger charge is -2.09. The Bertz CT molecular complexity index is 429. The Morgan fingerprint density at radius 1 is 1.31 bits per heavy atom. The van der Waals surface area contributed by atoms with Crippen molar-refractivity contribution >= 4 is 21.6 Å². The van der Waals surface area contributed by atoms with E-state index in [0.717, 1.165) is 6.07 Å². The van der Waals surface area contributed by atoms with Crippen molar-refractivity contribution in [3.05, 3.63) is 29.3 Å². The number of nitrogens with two attached hydrogens (primary N) is 1. The first-order valence-corrected chi connectivity index (χ1v) is 5.59. The van der Waals surface area contributed by atoms with E-state index in [0.29, 0.717) is 11.8 Å². The second-order valence-electron chi connectivity index (χ2n) is 3.04. The second-order valence-corrected chi connectivity index (χ2v) is 3.84. The summed E-state index contributed by atoms with van der Waals surface area (Å²) in [5.74, 6) is 5.12. The van der Waals surface area contributed by atoms with Gasteiger partial charge in [0.05, 0.1) is 5.56 Å². The summed E-state index contributed by atoms with van der Waals surface area (Å²) in [4.78, 5) is 0. The molecule has 0 fully saturated rings. The van der Waals surface area contributed by atoms with Crippen molar-refractivity contribution in [2.75, 3.05) is 11.1 Å². The van der Waals surface area contributed by atoms with Crippen LogP contribution < -0.4 is 5.73 Å². The molecule has 16 heavy (non-hydrogen) atoms. The maximum atomic E-state index is 12.6. The van der Waals surface area contributed by atoms with Crippen LogP contribution in [-0.4, -0.2) is 5.33 Å². The Balaban J connectivity index is 3.15. The van der Waals surface area contributed by atoms with Crippen LogP contribution in [0.1, 0.15) is 17.5 Å². The van der Waals surface area contributed by atoms with Gasteiger partial charge in [0.25, 0.3) is 0 Å². The van der Waals surface area contributed by atoms with Crippen molar-refractivity contribution in [3.63, 3.8) is 0 Å². The number of hydrogen-bond donors (Lipinski definition) is 1. The predicted molar refractivity (Wildman–Crippen MR) is 61.1 cm³/mol. The minimum absolute atomic E-state index is 0.0755. The third-order valence-corrected chi connectivity index (χ3v) is 2.19. The third-order valence-electron chi connectivity index (χ3n) is 1.79. The van der Waals surface area contributed by atoms with E-state index in [9.17, 15) is 13.2 Å². The molecule has 0 spiro atoms. The number of rotatable bonds is 1. The van der Waals surface area contributed by atoms with Crippen LogP contribution in [0.3, 0.4) is 0 Å². The quantitative estimate of drug-likeness (QED) is 0.479. The van der Waals surface area contributed by atoms with Crippen LogP contribution in [0.2, 0.25) is 0 Å². The molecule has 1 aromatic carbocycles. The lowest BCUT2D eigenvalue weighted by Crippen LogP contribution is -2.08. The lowest BCUT2D eigenvalue weighted by molar-refractivity contribution is -0.137. The monoisotopic (exact) mass is 291 g/mol. The summed E-state index contributed by atoms with van der Waals surface area (Å²) >= 11 is 3.15. The van der Waals surface area contributed by atoms with Gasteiger partial charge in [-0.05, 0) is 18.2 Å². The largest absolute Gasteiger partial charge is 0.417 e. The Hall–Kier alpha value is -1.15. The highest BCUT2D eigenvalue weighted by Crippen LogP contribution is 2.32. The van der Waals surface area contributed by atoms with Gasteiger partial charge < -0.3 is 5.73 Å². The summed E-state index contributed by atoms with van der Waals surface area (Å²) in [6.07, 6.45) is -3.90. The van der Waals surface area contributed by atoms with Crippen molar-refractivity contribution in [3.8, 4) is 11.8 Å². The van der Waals surface area contributed by atoms with Gasteiger partial charge in [-0.2, -0.15) is 13.2 Å². The number of nitrogen functional groups attached to an aromatic ring is 1. The van der Waals surface area contributed by atoms with E-state index in [4.69, 9.17) is 5.73 Å². The van der Waals surface area contributed by atoms with Gasteiger partial charge in [-0.25, -0.2) is 0 Å². The predicted octanol–water partition coefficient (Wildman–Crippen LogP) is 3.42. The zero-order chi connectivity index (χ0) is 12.2. The molecule has 0 unspecified atom stereocenters. The molecule has 1 nitrogen and oxygen atoms in total. The van der Waals surface area contributed by atoms with Crippen LogP contribution >= 0.6 is 15.9 Å². The summed E-state index contributed by atoms with van der Waals surface area (Å²) in [6, 6.07) is 3.41. The number of hydrogen-bond acceptors (Lipinski definition) is 1.